The summed E-state index contributed by atoms with van der Waals surface area (Å²) in [5.41, 5.74) is 7.62. The van der Waals surface area contributed by atoms with Crippen LogP contribution in [0.5, 0.6) is 0 Å². The van der Waals surface area contributed by atoms with Gasteiger partial charge in [-0.3, -0.25) is 17.8 Å². The van der Waals surface area contributed by atoms with Gasteiger partial charge in [0.1, 0.15) is 12.0 Å². The van der Waals surface area contributed by atoms with E-state index >= 15 is 0 Å². The average molecular weight is 387 g/mol. The number of nitrogens with one attached hydrogen (secondary N) is 3. The predicted octanol–water partition coefficient (Wildman–Crippen LogP) is 2.85. The van der Waals surface area contributed by atoms with Crippen LogP contribution in [-0.4, -0.2) is 35.3 Å². The van der Waals surface area contributed by atoms with Crippen LogP contribution in [0.2, 0.25) is 0 Å². The molecule has 1 saturated heterocycles. The van der Waals surface area contributed by atoms with Gasteiger partial charge in [-0.25, -0.2) is 8.78 Å². The summed E-state index contributed by atoms with van der Waals surface area (Å²) in [7, 11) is 0. The molecule has 2 aliphatic rings. The maximum Gasteiger partial charge on any atom is 0.247 e. The number of aromatic nitrogens is 2. The average Bonchev–Trinajstić information content (AvgIpc) is 3.34. The molecule has 2 fully saturated rings. The molecule has 0 spiro atoms. The van der Waals surface area contributed by atoms with E-state index in [1.807, 2.05) is 6.07 Å². The number of nitriles is 1. The first-order chi connectivity index (χ1) is 13.4. The van der Waals surface area contributed by atoms with Gasteiger partial charge in [-0.2, -0.15) is 5.26 Å². The van der Waals surface area contributed by atoms with Crippen molar-refractivity contribution in [2.45, 2.75) is 37.1 Å². The van der Waals surface area contributed by atoms with Crippen molar-refractivity contribution in [1.82, 2.24) is 21.0 Å². The van der Waals surface area contributed by atoms with Crippen molar-refractivity contribution in [1.29, 1.82) is 5.26 Å². The summed E-state index contributed by atoms with van der Waals surface area (Å²) in [5.74, 6) is -1.41. The van der Waals surface area contributed by atoms with E-state index in [-0.39, 0.29) is 11.5 Å². The molecule has 1 aliphatic carbocycles. The van der Waals surface area contributed by atoms with Gasteiger partial charge in [0.25, 0.3) is 0 Å². The van der Waals surface area contributed by atoms with Crippen molar-refractivity contribution < 1.29 is 13.2 Å². The molecule has 28 heavy (non-hydrogen) atoms. The number of halogens is 2. The maximum atomic E-state index is 13.0. The van der Waals surface area contributed by atoms with Gasteiger partial charge in [0.15, 0.2) is 0 Å². The Kier molecular flexibility index (Phi) is 5.00. The molecule has 0 bridgehead atoms. The number of anilines is 1. The van der Waals surface area contributed by atoms with Crippen LogP contribution in [0.1, 0.15) is 36.6 Å². The molecule has 0 amide bonds. The van der Waals surface area contributed by atoms with Crippen LogP contribution in [0.4, 0.5) is 14.5 Å². The van der Waals surface area contributed by atoms with E-state index < -0.39 is 12.5 Å². The molecule has 1 aromatic heterocycles. The third-order valence-electron chi connectivity index (χ3n) is 5.35. The smallest absolute Gasteiger partial charge is 0.247 e. The molecule has 3 unspecified atom stereocenters. The molecule has 4 rings (SSSR count). The van der Waals surface area contributed by atoms with Gasteiger partial charge in [-0.1, -0.05) is 0 Å². The lowest BCUT2D eigenvalue weighted by Gasteiger charge is -2.28. The first kappa shape index (κ1) is 18.8. The second-order valence-electron chi connectivity index (χ2n) is 7.43. The van der Waals surface area contributed by atoms with Crippen molar-refractivity contribution in [3.05, 3.63) is 36.6 Å². The zero-order valence-electron chi connectivity index (χ0n) is 15.2. The van der Waals surface area contributed by atoms with Gasteiger partial charge in [0.05, 0.1) is 11.3 Å². The van der Waals surface area contributed by atoms with Crippen molar-refractivity contribution >= 4 is 5.69 Å². The molecule has 2 heterocycles. The third kappa shape index (κ3) is 3.98. The third-order valence-corrected chi connectivity index (χ3v) is 5.35. The normalized spacial score (nSPS) is 24.6. The summed E-state index contributed by atoms with van der Waals surface area (Å²) in [4.78, 5) is 0. The van der Waals surface area contributed by atoms with Crippen LogP contribution >= 0.6 is 0 Å². The highest BCUT2D eigenvalue weighted by molar-refractivity contribution is 5.66. The van der Waals surface area contributed by atoms with E-state index in [9.17, 15) is 14.0 Å². The molecule has 1 aromatic carbocycles. The second-order valence-corrected chi connectivity index (χ2v) is 7.43. The number of benzene rings is 1. The van der Waals surface area contributed by atoms with Crippen LogP contribution in [0.3, 0.4) is 0 Å². The fraction of sp³-hybridized carbons (Fsp3) is 0.474. The summed E-state index contributed by atoms with van der Waals surface area (Å²) in [6, 6.07) is 7.30. The number of fused-ring (bicyclic) bond motifs is 1. The molecule has 2 aromatic rings. The zero-order chi connectivity index (χ0) is 19.7. The highest BCUT2D eigenvalue weighted by Crippen LogP contribution is 2.37. The van der Waals surface area contributed by atoms with Crippen molar-refractivity contribution in [3.63, 3.8) is 0 Å². The Hall–Kier alpha value is -2.57. The second kappa shape index (κ2) is 7.45. The molecule has 1 saturated carbocycles. The van der Waals surface area contributed by atoms with Crippen LogP contribution < -0.4 is 16.2 Å². The van der Waals surface area contributed by atoms with E-state index in [1.54, 1.807) is 18.2 Å². The summed E-state index contributed by atoms with van der Waals surface area (Å²) in [6.45, 7) is 3.04. The molecular formula is C19H21F2N6O-. The van der Waals surface area contributed by atoms with Gasteiger partial charge in [-0.15, -0.1) is 10.2 Å². The highest BCUT2D eigenvalue weighted by Gasteiger charge is 2.36. The Morgan fingerprint density at radius 1 is 1.36 bits per heavy atom. The summed E-state index contributed by atoms with van der Waals surface area (Å²) in [5, 5.41) is 20.2. The van der Waals surface area contributed by atoms with Crippen molar-refractivity contribution in [2.24, 2.45) is 5.92 Å². The minimum Gasteiger partial charge on any atom is -0.420 e. The van der Waals surface area contributed by atoms with Gasteiger partial charge in [0, 0.05) is 30.6 Å². The van der Waals surface area contributed by atoms with Gasteiger partial charge >= 0.3 is 0 Å². The Labute approximate surface area is 161 Å². The van der Waals surface area contributed by atoms with Crippen molar-refractivity contribution in [3.8, 4) is 17.5 Å². The Morgan fingerprint density at radius 3 is 3.00 bits per heavy atom. The first-order valence-corrected chi connectivity index (χ1v) is 9.26. The molecule has 3 atom stereocenters. The van der Waals surface area contributed by atoms with Gasteiger partial charge < -0.3 is 9.73 Å². The number of hydrogen-bond acceptors (Lipinski definition) is 7. The number of hydrazine groups is 1. The van der Waals surface area contributed by atoms with Crippen LogP contribution in [0, 0.1) is 24.2 Å². The summed E-state index contributed by atoms with van der Waals surface area (Å²) in [6.07, 6.45) is 3.01. The lowest BCUT2D eigenvalue weighted by Crippen LogP contribution is -2.34. The standard InChI is InChI=1S/C19H21F2N6O/c1-19(20,21)10-23-15-4-2-11(6-13(15)8-22)17-26-27-18(28-17)12-3-5-16-14(7-12)9-24-25-16/h2,4,6,12,14,16,23-25H,1,3,5,7,9-10H2/q-1. The van der Waals surface area contributed by atoms with E-state index in [1.165, 1.54) is 0 Å². The minimum absolute atomic E-state index is 0.222. The number of nitrogens with zero attached hydrogens (tertiary/aromatic N) is 3. The lowest BCUT2D eigenvalue weighted by atomic mass is 9.79. The number of rotatable bonds is 5. The number of hydrogen-bond donors (Lipinski definition) is 3. The summed E-state index contributed by atoms with van der Waals surface area (Å²) < 4.78 is 31.8. The van der Waals surface area contributed by atoms with Crippen LogP contribution in [0.15, 0.2) is 22.6 Å². The Balaban J connectivity index is 1.50. The molecular weight excluding hydrogens is 366 g/mol. The largest absolute Gasteiger partial charge is 0.420 e. The fourth-order valence-electron chi connectivity index (χ4n) is 3.89. The van der Waals surface area contributed by atoms with E-state index in [4.69, 9.17) is 4.42 Å². The molecule has 3 N–H and O–H groups in total. The van der Waals surface area contributed by atoms with Crippen molar-refractivity contribution in [2.75, 3.05) is 18.4 Å². The van der Waals surface area contributed by atoms with Crippen LogP contribution in [0.25, 0.3) is 11.5 Å². The molecule has 7 nitrogen and oxygen atoms in total. The molecule has 1 aliphatic heterocycles. The predicted molar refractivity (Wildman–Crippen MR) is 98.3 cm³/mol. The quantitative estimate of drug-likeness (QED) is 0.679. The molecule has 0 radical (unpaired) electrons. The SMILES string of the molecule is [CH2-]C(F)(F)CNc1ccc(-c2nnc(C3CCC4NNCC4C3)o2)cc1C#N. The highest BCUT2D eigenvalue weighted by atomic mass is 19.3. The fourth-order valence-corrected chi connectivity index (χ4v) is 3.89. The topological polar surface area (TPSA) is 98.8 Å². The minimum atomic E-state index is -3.11. The monoisotopic (exact) mass is 387 g/mol. The molecule has 9 heteroatoms. The zero-order valence-corrected chi connectivity index (χ0v) is 15.2. The lowest BCUT2D eigenvalue weighted by molar-refractivity contribution is 0.0668. The molecule has 148 valence electrons. The first-order valence-electron chi connectivity index (χ1n) is 9.26. The van der Waals surface area contributed by atoms with Gasteiger partial charge in [-0.05, 0) is 43.4 Å². The van der Waals surface area contributed by atoms with Crippen LogP contribution in [-0.2, 0) is 0 Å². The maximum absolute atomic E-state index is 13.0. The number of alkyl halides is 2. The summed E-state index contributed by atoms with van der Waals surface area (Å²) >= 11 is 0. The Bertz CT molecular complexity index is 887. The van der Waals surface area contributed by atoms with E-state index in [0.717, 1.165) is 25.8 Å². The Morgan fingerprint density at radius 2 is 2.21 bits per heavy atom. The van der Waals surface area contributed by atoms with E-state index in [2.05, 4.69) is 33.3 Å². The van der Waals surface area contributed by atoms with Gasteiger partial charge in [0.2, 0.25) is 11.8 Å². The van der Waals surface area contributed by atoms with E-state index in [0.29, 0.717) is 35.0 Å².